The number of Topliss-reactive ketones (excluding diaryl/α,β-unsaturated/α-hetero) is 1. The predicted octanol–water partition coefficient (Wildman–Crippen LogP) is 2.96. The third kappa shape index (κ3) is 2.76. The Labute approximate surface area is 182 Å². The van der Waals surface area contributed by atoms with Crippen LogP contribution in [0.3, 0.4) is 0 Å². The van der Waals surface area contributed by atoms with Gasteiger partial charge in [-0.3, -0.25) is 23.1 Å². The SMILES string of the molecule is CC(=O)[C@H](C)n1c(=O)c2c(nc3n(-c4ccccc4)c(-c4ccccc4)cn23)n(C)c1=O. The van der Waals surface area contributed by atoms with Crippen molar-refractivity contribution in [3.05, 3.63) is 87.7 Å². The second kappa shape index (κ2) is 7.19. The fourth-order valence-electron chi connectivity index (χ4n) is 4.03. The van der Waals surface area contributed by atoms with Crippen molar-refractivity contribution in [2.75, 3.05) is 0 Å². The van der Waals surface area contributed by atoms with Crippen LogP contribution >= 0.6 is 0 Å². The van der Waals surface area contributed by atoms with Gasteiger partial charge in [-0.15, -0.1) is 0 Å². The highest BCUT2D eigenvalue weighted by atomic mass is 16.2. The average molecular weight is 427 g/mol. The molecule has 0 N–H and O–H groups in total. The van der Waals surface area contributed by atoms with Gasteiger partial charge in [0.05, 0.1) is 11.7 Å². The Kier molecular flexibility index (Phi) is 4.44. The first-order valence-electron chi connectivity index (χ1n) is 10.3. The number of nitrogens with zero attached hydrogens (tertiary/aromatic N) is 5. The lowest BCUT2D eigenvalue weighted by atomic mass is 10.1. The number of carbonyl (C=O) groups excluding carboxylic acids is 1. The van der Waals surface area contributed by atoms with Gasteiger partial charge in [0.15, 0.2) is 16.9 Å². The molecule has 8 nitrogen and oxygen atoms in total. The summed E-state index contributed by atoms with van der Waals surface area (Å²) in [5, 5.41) is 0. The third-order valence-corrected chi connectivity index (χ3v) is 5.86. The number of rotatable bonds is 4. The van der Waals surface area contributed by atoms with Gasteiger partial charge < -0.3 is 0 Å². The molecule has 0 amide bonds. The minimum absolute atomic E-state index is 0.252. The molecule has 0 fully saturated rings. The zero-order valence-corrected chi connectivity index (χ0v) is 17.9. The second-order valence-electron chi connectivity index (χ2n) is 7.81. The minimum atomic E-state index is -0.874. The molecule has 160 valence electrons. The van der Waals surface area contributed by atoms with E-state index in [1.807, 2.05) is 71.4 Å². The van der Waals surface area contributed by atoms with Gasteiger partial charge in [0.1, 0.15) is 0 Å². The van der Waals surface area contributed by atoms with E-state index in [1.54, 1.807) is 18.4 Å². The number of hydrogen-bond acceptors (Lipinski definition) is 4. The van der Waals surface area contributed by atoms with E-state index < -0.39 is 17.3 Å². The molecule has 8 heteroatoms. The molecular weight excluding hydrogens is 406 g/mol. The topological polar surface area (TPSA) is 83.3 Å². The fourth-order valence-corrected chi connectivity index (χ4v) is 4.03. The second-order valence-corrected chi connectivity index (χ2v) is 7.81. The van der Waals surface area contributed by atoms with Crippen LogP contribution < -0.4 is 11.2 Å². The maximum atomic E-state index is 13.4. The van der Waals surface area contributed by atoms with Gasteiger partial charge >= 0.3 is 5.69 Å². The van der Waals surface area contributed by atoms with Crippen molar-refractivity contribution in [2.45, 2.75) is 19.9 Å². The molecule has 0 unspecified atom stereocenters. The Bertz CT molecular complexity index is 1600. The summed E-state index contributed by atoms with van der Waals surface area (Å²) >= 11 is 0. The van der Waals surface area contributed by atoms with Gasteiger partial charge in [0.25, 0.3) is 5.56 Å². The number of carbonyl (C=O) groups is 1. The lowest BCUT2D eigenvalue weighted by molar-refractivity contribution is -0.119. The van der Waals surface area contributed by atoms with Crippen LogP contribution in [0.5, 0.6) is 0 Å². The molecule has 0 saturated heterocycles. The van der Waals surface area contributed by atoms with E-state index in [0.29, 0.717) is 5.78 Å². The number of benzene rings is 2. The molecule has 0 aliphatic carbocycles. The number of imidazole rings is 2. The van der Waals surface area contributed by atoms with Crippen molar-refractivity contribution >= 4 is 22.7 Å². The normalized spacial score (nSPS) is 12.5. The molecule has 5 rings (SSSR count). The van der Waals surface area contributed by atoms with Crippen molar-refractivity contribution in [3.63, 3.8) is 0 Å². The summed E-state index contributed by atoms with van der Waals surface area (Å²) in [6.45, 7) is 2.92. The lowest BCUT2D eigenvalue weighted by Crippen LogP contribution is -2.42. The molecule has 2 aromatic carbocycles. The molecule has 0 spiro atoms. The molecule has 5 aromatic rings. The standard InChI is InChI=1S/C24H21N5O3/c1-15(16(2)30)28-22(31)20-21(26(3)24(28)32)25-23-27(20)14-19(17-10-6-4-7-11-17)29(23)18-12-8-5-9-13-18/h4-15H,1-3H3/t15-/m0/s1. The quantitative estimate of drug-likeness (QED) is 0.442. The van der Waals surface area contributed by atoms with E-state index in [1.165, 1.54) is 11.5 Å². The van der Waals surface area contributed by atoms with Crippen molar-refractivity contribution < 1.29 is 4.79 Å². The van der Waals surface area contributed by atoms with Crippen molar-refractivity contribution in [2.24, 2.45) is 7.05 Å². The molecule has 0 radical (unpaired) electrons. The number of ketones is 1. The Morgan fingerprint density at radius 1 is 0.969 bits per heavy atom. The summed E-state index contributed by atoms with van der Waals surface area (Å²) in [4.78, 5) is 43.0. The predicted molar refractivity (Wildman–Crippen MR) is 122 cm³/mol. The molecule has 3 heterocycles. The highest BCUT2D eigenvalue weighted by molar-refractivity contribution is 5.82. The number of fused-ring (bicyclic) bond motifs is 3. The van der Waals surface area contributed by atoms with Gasteiger partial charge in [0, 0.05) is 24.5 Å². The van der Waals surface area contributed by atoms with E-state index in [9.17, 15) is 14.4 Å². The van der Waals surface area contributed by atoms with Gasteiger partial charge in [-0.2, -0.15) is 4.98 Å². The lowest BCUT2D eigenvalue weighted by Gasteiger charge is -2.12. The molecule has 1 atom stereocenters. The average Bonchev–Trinajstić information content (AvgIpc) is 3.35. The van der Waals surface area contributed by atoms with Crippen LogP contribution in [0.2, 0.25) is 0 Å². The van der Waals surface area contributed by atoms with Crippen molar-refractivity contribution in [1.29, 1.82) is 0 Å². The van der Waals surface area contributed by atoms with E-state index >= 15 is 0 Å². The summed E-state index contributed by atoms with van der Waals surface area (Å²) in [6, 6.07) is 18.7. The Hall–Kier alpha value is -4.20. The Morgan fingerprint density at radius 3 is 2.22 bits per heavy atom. The monoisotopic (exact) mass is 427 g/mol. The molecule has 0 bridgehead atoms. The molecule has 32 heavy (non-hydrogen) atoms. The van der Waals surface area contributed by atoms with Crippen molar-refractivity contribution in [3.8, 4) is 16.9 Å². The van der Waals surface area contributed by atoms with Crippen LogP contribution in [0.25, 0.3) is 33.9 Å². The molecule has 0 aliphatic rings. The van der Waals surface area contributed by atoms with Crippen LogP contribution in [-0.4, -0.2) is 28.9 Å². The van der Waals surface area contributed by atoms with Crippen LogP contribution in [-0.2, 0) is 11.8 Å². The Morgan fingerprint density at radius 2 is 1.59 bits per heavy atom. The molecule has 0 saturated carbocycles. The number of para-hydroxylation sites is 1. The third-order valence-electron chi connectivity index (χ3n) is 5.86. The smallest absolute Gasteiger partial charge is 0.298 e. The van der Waals surface area contributed by atoms with Crippen LogP contribution in [0.15, 0.2) is 76.4 Å². The molecule has 3 aromatic heterocycles. The first-order valence-corrected chi connectivity index (χ1v) is 10.3. The number of aromatic nitrogens is 5. The van der Waals surface area contributed by atoms with E-state index in [0.717, 1.165) is 21.5 Å². The van der Waals surface area contributed by atoms with Gasteiger partial charge in [-0.25, -0.2) is 9.36 Å². The van der Waals surface area contributed by atoms with E-state index in [2.05, 4.69) is 0 Å². The molecular formula is C24H21N5O3. The summed E-state index contributed by atoms with van der Waals surface area (Å²) in [6.07, 6.45) is 1.85. The Balaban J connectivity index is 1.96. The van der Waals surface area contributed by atoms with Gasteiger partial charge in [-0.1, -0.05) is 48.5 Å². The van der Waals surface area contributed by atoms with Crippen molar-refractivity contribution in [1.82, 2.24) is 23.1 Å². The summed E-state index contributed by atoms with van der Waals surface area (Å²) in [5.41, 5.74) is 2.09. The summed E-state index contributed by atoms with van der Waals surface area (Å²) in [5.74, 6) is 0.238. The van der Waals surface area contributed by atoms with E-state index in [4.69, 9.17) is 4.98 Å². The fraction of sp³-hybridized carbons (Fsp3) is 0.167. The maximum absolute atomic E-state index is 13.4. The minimum Gasteiger partial charge on any atom is -0.298 e. The van der Waals surface area contributed by atoms with Gasteiger partial charge in [-0.05, 0) is 26.0 Å². The zero-order chi connectivity index (χ0) is 22.6. The summed E-state index contributed by atoms with van der Waals surface area (Å²) in [7, 11) is 1.56. The highest BCUT2D eigenvalue weighted by Crippen LogP contribution is 2.28. The van der Waals surface area contributed by atoms with Crippen LogP contribution in [0.4, 0.5) is 0 Å². The van der Waals surface area contributed by atoms with Gasteiger partial charge in [0.2, 0.25) is 5.78 Å². The highest BCUT2D eigenvalue weighted by Gasteiger charge is 2.25. The number of aryl methyl sites for hydroxylation is 1. The first kappa shape index (κ1) is 19.7. The molecule has 0 aliphatic heterocycles. The maximum Gasteiger partial charge on any atom is 0.333 e. The van der Waals surface area contributed by atoms with Crippen LogP contribution in [0.1, 0.15) is 19.9 Å². The first-order chi connectivity index (χ1) is 15.4. The summed E-state index contributed by atoms with van der Waals surface area (Å²) < 4.78 is 5.98. The van der Waals surface area contributed by atoms with Crippen LogP contribution in [0, 0.1) is 0 Å². The zero-order valence-electron chi connectivity index (χ0n) is 17.9. The largest absolute Gasteiger partial charge is 0.333 e. The van der Waals surface area contributed by atoms with E-state index in [-0.39, 0.29) is 16.9 Å². The number of hydrogen-bond donors (Lipinski definition) is 0.